The summed E-state index contributed by atoms with van der Waals surface area (Å²) in [6.45, 7) is 0.297. The Labute approximate surface area is 163 Å². The van der Waals surface area contributed by atoms with Crippen molar-refractivity contribution in [3.63, 3.8) is 0 Å². The fraction of sp³-hybridized carbons (Fsp3) is 0.263. The predicted molar refractivity (Wildman–Crippen MR) is 105 cm³/mol. The van der Waals surface area contributed by atoms with Crippen molar-refractivity contribution in [3.05, 3.63) is 47.5 Å². The molecule has 2 rings (SSSR count). The summed E-state index contributed by atoms with van der Waals surface area (Å²) in [7, 11) is 4.54. The molecular weight excluding hydrogens is 364 g/mol. The van der Waals surface area contributed by atoms with Crippen molar-refractivity contribution in [3.8, 4) is 23.0 Å². The van der Waals surface area contributed by atoms with Crippen LogP contribution < -0.4 is 35.8 Å². The number of para-hydroxylation sites is 1. The second kappa shape index (κ2) is 9.91. The van der Waals surface area contributed by atoms with E-state index in [9.17, 15) is 4.79 Å². The molecule has 9 nitrogen and oxygen atoms in total. The van der Waals surface area contributed by atoms with Crippen molar-refractivity contribution in [1.29, 1.82) is 0 Å². The number of methoxy groups -OCH3 is 3. The number of carbonyl (C=O) groups is 1. The van der Waals surface area contributed by atoms with Crippen LogP contribution in [0.5, 0.6) is 23.0 Å². The summed E-state index contributed by atoms with van der Waals surface area (Å²) in [6, 6.07) is 10.5. The molecule has 28 heavy (non-hydrogen) atoms. The van der Waals surface area contributed by atoms with Crippen molar-refractivity contribution in [1.82, 2.24) is 5.43 Å². The molecule has 0 aliphatic carbocycles. The van der Waals surface area contributed by atoms with Crippen LogP contribution >= 0.6 is 0 Å². The molecule has 0 saturated heterocycles. The molecule has 0 spiro atoms. The summed E-state index contributed by atoms with van der Waals surface area (Å²) < 4.78 is 21.4. The molecule has 0 aromatic heterocycles. The molecule has 0 atom stereocenters. The van der Waals surface area contributed by atoms with E-state index < -0.39 is 5.97 Å². The van der Waals surface area contributed by atoms with E-state index in [0.29, 0.717) is 35.1 Å². The quantitative estimate of drug-likeness (QED) is 0.192. The number of hydrogen-bond acceptors (Lipinski definition) is 7. The van der Waals surface area contributed by atoms with Gasteiger partial charge in [0.2, 0.25) is 11.7 Å². The van der Waals surface area contributed by atoms with Crippen molar-refractivity contribution in [2.24, 2.45) is 16.6 Å². The molecule has 2 aromatic rings. The van der Waals surface area contributed by atoms with Crippen LogP contribution in [0.15, 0.2) is 41.5 Å². The number of ether oxygens (including phenoxy) is 4. The summed E-state index contributed by atoms with van der Waals surface area (Å²) in [4.78, 5) is 12.4. The highest BCUT2D eigenvalue weighted by molar-refractivity contribution is 5.76. The Morgan fingerprint density at radius 3 is 2.21 bits per heavy atom. The minimum atomic E-state index is -0.441. The van der Waals surface area contributed by atoms with Crippen LogP contribution in [0.25, 0.3) is 0 Å². The van der Waals surface area contributed by atoms with Gasteiger partial charge in [-0.2, -0.15) is 0 Å². The molecule has 0 unspecified atom stereocenters. The Balaban J connectivity index is 2.14. The maximum Gasteiger partial charge on any atom is 0.315 e. The predicted octanol–water partition coefficient (Wildman–Crippen LogP) is 1.14. The zero-order valence-electron chi connectivity index (χ0n) is 16.0. The first-order valence-electron chi connectivity index (χ1n) is 8.37. The molecule has 0 fully saturated rings. The smallest absolute Gasteiger partial charge is 0.315 e. The highest BCUT2D eigenvalue weighted by atomic mass is 16.5. The second-order valence-electron chi connectivity index (χ2n) is 5.66. The number of nitrogens with zero attached hydrogens (tertiary/aromatic N) is 1. The molecule has 0 saturated carbocycles. The van der Waals surface area contributed by atoms with Gasteiger partial charge in [0, 0.05) is 5.56 Å². The van der Waals surface area contributed by atoms with Gasteiger partial charge in [-0.1, -0.05) is 18.2 Å². The molecule has 0 amide bonds. The van der Waals surface area contributed by atoms with E-state index in [-0.39, 0.29) is 12.4 Å². The summed E-state index contributed by atoms with van der Waals surface area (Å²) in [5.41, 5.74) is 14.7. The first-order valence-corrected chi connectivity index (χ1v) is 8.37. The number of benzene rings is 2. The summed E-state index contributed by atoms with van der Waals surface area (Å²) in [5, 5.41) is 3.70. The number of esters is 1. The maximum atomic E-state index is 12.4. The Hall–Kier alpha value is -3.62. The van der Waals surface area contributed by atoms with Crippen LogP contribution in [0.2, 0.25) is 0 Å². The van der Waals surface area contributed by atoms with Gasteiger partial charge in [0.25, 0.3) is 0 Å². The zero-order valence-corrected chi connectivity index (χ0v) is 16.0. The minimum absolute atomic E-state index is 0.0202. The van der Waals surface area contributed by atoms with Crippen molar-refractivity contribution in [2.75, 3.05) is 21.3 Å². The molecular formula is C19H24N4O5. The lowest BCUT2D eigenvalue weighted by Crippen LogP contribution is -2.26. The van der Waals surface area contributed by atoms with Crippen LogP contribution in [-0.4, -0.2) is 33.3 Å². The van der Waals surface area contributed by atoms with Crippen LogP contribution in [0.4, 0.5) is 0 Å². The van der Waals surface area contributed by atoms with Crippen LogP contribution in [-0.2, 0) is 17.8 Å². The summed E-state index contributed by atoms with van der Waals surface area (Å²) in [5.74, 6) is 1.27. The minimum Gasteiger partial charge on any atom is -0.493 e. The molecule has 0 aliphatic rings. The van der Waals surface area contributed by atoms with Gasteiger partial charge in [0.05, 0.1) is 34.3 Å². The SMILES string of the molecule is COc1cc(CC(=O)Oc2ccccc2CNN=C(N)N)cc(OC)c1OC. The first kappa shape index (κ1) is 20.7. The lowest BCUT2D eigenvalue weighted by Gasteiger charge is -2.14. The van der Waals surface area contributed by atoms with Gasteiger partial charge in [0.15, 0.2) is 11.5 Å². The topological polar surface area (TPSA) is 130 Å². The number of rotatable bonds is 9. The van der Waals surface area contributed by atoms with E-state index >= 15 is 0 Å². The Kier molecular flexibility index (Phi) is 7.32. The highest BCUT2D eigenvalue weighted by Gasteiger charge is 2.16. The van der Waals surface area contributed by atoms with Gasteiger partial charge < -0.3 is 35.8 Å². The van der Waals surface area contributed by atoms with Gasteiger partial charge in [-0.25, -0.2) is 0 Å². The van der Waals surface area contributed by atoms with E-state index in [4.69, 9.17) is 30.4 Å². The fourth-order valence-corrected chi connectivity index (χ4v) is 2.53. The number of nitrogens with one attached hydrogen (secondary N) is 1. The third-order valence-electron chi connectivity index (χ3n) is 3.75. The van der Waals surface area contributed by atoms with Crippen LogP contribution in [0.1, 0.15) is 11.1 Å². The molecule has 2 aromatic carbocycles. The number of carbonyl (C=O) groups excluding carboxylic acids is 1. The Morgan fingerprint density at radius 2 is 1.64 bits per heavy atom. The first-order chi connectivity index (χ1) is 13.5. The molecule has 150 valence electrons. The summed E-state index contributed by atoms with van der Waals surface area (Å²) >= 11 is 0. The van der Waals surface area contributed by atoms with E-state index in [1.807, 2.05) is 6.07 Å². The average molecular weight is 388 g/mol. The van der Waals surface area contributed by atoms with Crippen molar-refractivity contribution >= 4 is 11.9 Å². The lowest BCUT2D eigenvalue weighted by molar-refractivity contribution is -0.133. The molecule has 0 bridgehead atoms. The third-order valence-corrected chi connectivity index (χ3v) is 3.75. The number of nitrogens with two attached hydrogens (primary N) is 2. The summed E-state index contributed by atoms with van der Waals surface area (Å²) in [6.07, 6.45) is 0.0202. The Bertz CT molecular complexity index is 825. The fourth-order valence-electron chi connectivity index (χ4n) is 2.53. The lowest BCUT2D eigenvalue weighted by atomic mass is 10.1. The van der Waals surface area contributed by atoms with E-state index in [2.05, 4.69) is 10.5 Å². The average Bonchev–Trinajstić information content (AvgIpc) is 2.68. The van der Waals surface area contributed by atoms with Crippen LogP contribution in [0.3, 0.4) is 0 Å². The van der Waals surface area contributed by atoms with E-state index in [1.54, 1.807) is 30.3 Å². The molecule has 5 N–H and O–H groups in total. The Morgan fingerprint density at radius 1 is 1.00 bits per heavy atom. The van der Waals surface area contributed by atoms with Gasteiger partial charge in [-0.3, -0.25) is 4.79 Å². The maximum absolute atomic E-state index is 12.4. The van der Waals surface area contributed by atoms with Gasteiger partial charge in [0.1, 0.15) is 5.75 Å². The zero-order chi connectivity index (χ0) is 20.5. The third kappa shape index (κ3) is 5.44. The molecule has 9 heteroatoms. The monoisotopic (exact) mass is 388 g/mol. The number of hydrazone groups is 1. The standard InChI is InChI=1S/C19H24N4O5/c1-25-15-8-12(9-16(26-2)18(15)27-3)10-17(24)28-14-7-5-4-6-13(14)11-22-23-19(20)21/h4-9,22H,10-11H2,1-3H3,(H4,20,21,23). The van der Waals surface area contributed by atoms with Crippen molar-refractivity contribution < 1.29 is 23.7 Å². The second-order valence-corrected chi connectivity index (χ2v) is 5.66. The number of hydrogen-bond donors (Lipinski definition) is 3. The largest absolute Gasteiger partial charge is 0.493 e. The van der Waals surface area contributed by atoms with Crippen LogP contribution in [0, 0.1) is 0 Å². The van der Waals surface area contributed by atoms with Gasteiger partial charge in [-0.05, 0) is 23.8 Å². The normalized spacial score (nSPS) is 9.96. The number of guanidine groups is 1. The van der Waals surface area contributed by atoms with Gasteiger partial charge >= 0.3 is 5.97 Å². The van der Waals surface area contributed by atoms with E-state index in [1.165, 1.54) is 21.3 Å². The van der Waals surface area contributed by atoms with E-state index in [0.717, 1.165) is 5.56 Å². The highest BCUT2D eigenvalue weighted by Crippen LogP contribution is 2.38. The molecule has 0 heterocycles. The molecule has 0 aliphatic heterocycles. The van der Waals surface area contributed by atoms with Gasteiger partial charge in [-0.15, -0.1) is 5.10 Å². The molecule has 0 radical (unpaired) electrons. The van der Waals surface area contributed by atoms with Crippen molar-refractivity contribution in [2.45, 2.75) is 13.0 Å².